The zero-order valence-electron chi connectivity index (χ0n) is 13.6. The first kappa shape index (κ1) is 17.9. The van der Waals surface area contributed by atoms with E-state index < -0.39 is 23.0 Å². The van der Waals surface area contributed by atoms with E-state index in [4.69, 9.17) is 16.3 Å². The van der Waals surface area contributed by atoms with Crippen LogP contribution in [0.1, 0.15) is 32.1 Å². The second kappa shape index (κ2) is 6.80. The fraction of sp³-hybridized carbons (Fsp3) is 0.529. The number of benzene rings is 1. The smallest absolute Gasteiger partial charge is 0.258 e. The summed E-state index contributed by atoms with van der Waals surface area (Å²) in [6, 6.07) is 3.97. The van der Waals surface area contributed by atoms with Crippen LogP contribution in [0.15, 0.2) is 18.2 Å². The van der Waals surface area contributed by atoms with Crippen LogP contribution in [0.3, 0.4) is 0 Å². The Hall–Kier alpha value is -1.86. The summed E-state index contributed by atoms with van der Waals surface area (Å²) in [4.78, 5) is 23.0. The van der Waals surface area contributed by atoms with Crippen LogP contribution >= 0.6 is 11.6 Å². The van der Waals surface area contributed by atoms with E-state index in [1.165, 1.54) is 12.1 Å². The molecule has 4 rings (SSSR count). The molecule has 8 heteroatoms. The number of ether oxygens (including phenoxy) is 1. The van der Waals surface area contributed by atoms with Crippen LogP contribution in [0.4, 0.5) is 4.39 Å². The third-order valence-corrected chi connectivity index (χ3v) is 5.64. The van der Waals surface area contributed by atoms with Crippen molar-refractivity contribution in [1.82, 2.24) is 10.6 Å². The van der Waals surface area contributed by atoms with Crippen molar-refractivity contribution in [3.05, 3.63) is 29.0 Å². The number of fused-ring (bicyclic) bond motifs is 3. The summed E-state index contributed by atoms with van der Waals surface area (Å²) in [6.07, 6.45) is 2.87. The molecule has 6 nitrogen and oxygen atoms in total. The molecule has 0 spiro atoms. The molecule has 1 atom stereocenters. The second-order valence-electron chi connectivity index (χ2n) is 6.83. The van der Waals surface area contributed by atoms with Crippen molar-refractivity contribution >= 4 is 23.9 Å². The molecule has 3 fully saturated rings. The molecule has 3 N–H and O–H groups in total. The number of halogens is 2. The monoisotopic (exact) mass is 370 g/mol. The second-order valence-corrected chi connectivity index (χ2v) is 7.24. The predicted molar refractivity (Wildman–Crippen MR) is 88.8 cm³/mol. The van der Waals surface area contributed by atoms with Crippen LogP contribution in [0.5, 0.6) is 5.75 Å². The lowest BCUT2D eigenvalue weighted by atomic mass is 9.60. The van der Waals surface area contributed by atoms with Crippen molar-refractivity contribution in [3.8, 4) is 5.75 Å². The molecular formula is C17H20ClFN2O4. The van der Waals surface area contributed by atoms with Gasteiger partial charge in [-0.05, 0) is 44.2 Å². The van der Waals surface area contributed by atoms with Gasteiger partial charge >= 0.3 is 0 Å². The van der Waals surface area contributed by atoms with E-state index in [2.05, 4.69) is 10.6 Å². The molecule has 3 aliphatic carbocycles. The Morgan fingerprint density at radius 1 is 1.40 bits per heavy atom. The first-order valence-corrected chi connectivity index (χ1v) is 8.54. The van der Waals surface area contributed by atoms with Crippen LogP contribution in [0.25, 0.3) is 0 Å². The summed E-state index contributed by atoms with van der Waals surface area (Å²) < 4.78 is 18.7. The first-order chi connectivity index (χ1) is 11.9. The van der Waals surface area contributed by atoms with E-state index >= 15 is 0 Å². The highest BCUT2D eigenvalue weighted by molar-refractivity contribution is 6.30. The van der Waals surface area contributed by atoms with Crippen LogP contribution in [0, 0.1) is 5.82 Å². The Morgan fingerprint density at radius 2 is 2.12 bits per heavy atom. The lowest BCUT2D eigenvalue weighted by Crippen LogP contribution is -2.69. The standard InChI is InChI=1S/C17H20ClFN2O4/c18-12-2-1-11(7-13(12)19)25-9-15(24)21-16-3-5-17(6-4-16,20-10-22)14(23)8-16/h1-2,7,10,14,23H,3-6,8-9H2,(H,20,22)(H,21,24). The highest BCUT2D eigenvalue weighted by Gasteiger charge is 2.54. The number of nitrogens with one attached hydrogen (secondary N) is 2. The summed E-state index contributed by atoms with van der Waals surface area (Å²) in [6.45, 7) is -0.253. The molecule has 2 amide bonds. The molecular weight excluding hydrogens is 351 g/mol. The predicted octanol–water partition coefficient (Wildman–Crippen LogP) is 1.54. The van der Waals surface area contributed by atoms with Gasteiger partial charge in [-0.25, -0.2) is 4.39 Å². The van der Waals surface area contributed by atoms with E-state index in [0.29, 0.717) is 38.5 Å². The summed E-state index contributed by atoms with van der Waals surface area (Å²) in [5.41, 5.74) is -1.07. The summed E-state index contributed by atoms with van der Waals surface area (Å²) in [5, 5.41) is 16.0. The summed E-state index contributed by atoms with van der Waals surface area (Å²) in [5.74, 6) is -0.726. The number of carbonyl (C=O) groups excluding carboxylic acids is 2. The average molecular weight is 371 g/mol. The number of aliphatic hydroxyl groups excluding tert-OH is 1. The van der Waals surface area contributed by atoms with E-state index in [0.717, 1.165) is 6.07 Å². The van der Waals surface area contributed by atoms with E-state index in [1.807, 2.05) is 0 Å². The quantitative estimate of drug-likeness (QED) is 0.663. The van der Waals surface area contributed by atoms with Gasteiger partial charge in [-0.1, -0.05) is 11.6 Å². The average Bonchev–Trinajstić information content (AvgIpc) is 2.58. The number of rotatable bonds is 6. The Bertz CT molecular complexity index is 677. The molecule has 0 aromatic heterocycles. The molecule has 3 aliphatic rings. The van der Waals surface area contributed by atoms with Crippen molar-refractivity contribution < 1.29 is 23.8 Å². The van der Waals surface area contributed by atoms with Gasteiger partial charge in [0, 0.05) is 11.6 Å². The summed E-state index contributed by atoms with van der Waals surface area (Å²) in [7, 11) is 0. The lowest BCUT2D eigenvalue weighted by molar-refractivity contribution is -0.132. The number of amides is 2. The number of aliphatic hydroxyl groups is 1. The Labute approximate surface area is 149 Å². The zero-order chi connectivity index (χ0) is 18.1. The van der Waals surface area contributed by atoms with Gasteiger partial charge in [-0.15, -0.1) is 0 Å². The molecule has 3 saturated carbocycles. The molecule has 0 radical (unpaired) electrons. The molecule has 1 aromatic carbocycles. The third kappa shape index (κ3) is 3.57. The molecule has 0 saturated heterocycles. The highest BCUT2D eigenvalue weighted by Crippen LogP contribution is 2.46. The maximum absolute atomic E-state index is 13.4. The largest absolute Gasteiger partial charge is 0.484 e. The van der Waals surface area contributed by atoms with Gasteiger partial charge in [-0.3, -0.25) is 9.59 Å². The Kier molecular flexibility index (Phi) is 4.88. The van der Waals surface area contributed by atoms with Crippen molar-refractivity contribution in [2.45, 2.75) is 49.3 Å². The lowest BCUT2D eigenvalue weighted by Gasteiger charge is -2.55. The van der Waals surface area contributed by atoms with Crippen molar-refractivity contribution in [2.24, 2.45) is 0 Å². The molecule has 0 heterocycles. The minimum absolute atomic E-state index is 0.0125. The van der Waals surface area contributed by atoms with Gasteiger partial charge in [0.2, 0.25) is 6.41 Å². The molecule has 25 heavy (non-hydrogen) atoms. The fourth-order valence-electron chi connectivity index (χ4n) is 3.86. The highest BCUT2D eigenvalue weighted by atomic mass is 35.5. The van der Waals surface area contributed by atoms with Crippen LogP contribution < -0.4 is 15.4 Å². The normalized spacial score (nSPS) is 30.6. The molecule has 136 valence electrons. The minimum Gasteiger partial charge on any atom is -0.484 e. The van der Waals surface area contributed by atoms with Gasteiger partial charge in [0.05, 0.1) is 16.7 Å². The molecule has 1 aromatic rings. The third-order valence-electron chi connectivity index (χ3n) is 5.33. The van der Waals surface area contributed by atoms with Crippen molar-refractivity contribution in [3.63, 3.8) is 0 Å². The number of carbonyl (C=O) groups is 2. The molecule has 1 unspecified atom stereocenters. The number of hydrogen-bond donors (Lipinski definition) is 3. The van der Waals surface area contributed by atoms with Gasteiger partial charge in [0.15, 0.2) is 6.61 Å². The van der Waals surface area contributed by atoms with Gasteiger partial charge in [0.25, 0.3) is 5.91 Å². The number of hydrogen-bond acceptors (Lipinski definition) is 4. The van der Waals surface area contributed by atoms with Gasteiger partial charge in [0.1, 0.15) is 11.6 Å². The van der Waals surface area contributed by atoms with Crippen molar-refractivity contribution in [1.29, 1.82) is 0 Å². The first-order valence-electron chi connectivity index (χ1n) is 8.16. The molecule has 0 aliphatic heterocycles. The van der Waals surface area contributed by atoms with Crippen LogP contribution in [-0.4, -0.2) is 41.2 Å². The van der Waals surface area contributed by atoms with Crippen molar-refractivity contribution in [2.75, 3.05) is 6.61 Å². The Balaban J connectivity index is 1.56. The van der Waals surface area contributed by atoms with Crippen LogP contribution in [-0.2, 0) is 9.59 Å². The van der Waals surface area contributed by atoms with E-state index in [9.17, 15) is 19.1 Å². The maximum Gasteiger partial charge on any atom is 0.258 e. The van der Waals surface area contributed by atoms with Crippen LogP contribution in [0.2, 0.25) is 5.02 Å². The SMILES string of the molecule is O=CNC12CCC(NC(=O)COc3ccc(Cl)c(F)c3)(CC1)CC2O. The van der Waals surface area contributed by atoms with E-state index in [1.54, 1.807) is 0 Å². The molecule has 2 bridgehead atoms. The Morgan fingerprint density at radius 3 is 2.72 bits per heavy atom. The van der Waals surface area contributed by atoms with Gasteiger partial charge in [-0.2, -0.15) is 0 Å². The van der Waals surface area contributed by atoms with E-state index in [-0.39, 0.29) is 23.3 Å². The topological polar surface area (TPSA) is 87.7 Å². The zero-order valence-corrected chi connectivity index (χ0v) is 14.3. The maximum atomic E-state index is 13.4. The van der Waals surface area contributed by atoms with Gasteiger partial charge < -0.3 is 20.5 Å². The fourth-order valence-corrected chi connectivity index (χ4v) is 3.98. The summed E-state index contributed by atoms with van der Waals surface area (Å²) >= 11 is 5.60. The minimum atomic E-state index is -0.702.